The summed E-state index contributed by atoms with van der Waals surface area (Å²) in [5, 5.41) is 5.03. The number of primary amides is 1. The molecule has 5 nitrogen and oxygen atoms in total. The molecular weight excluding hydrogens is 362 g/mol. The van der Waals surface area contributed by atoms with Crippen molar-refractivity contribution in [2.45, 2.75) is 59.0 Å². The highest BCUT2D eigenvalue weighted by molar-refractivity contribution is 5.95. The van der Waals surface area contributed by atoms with Gasteiger partial charge in [0.15, 0.2) is 6.04 Å². The Kier molecular flexibility index (Phi) is 7.20. The highest BCUT2D eigenvalue weighted by atomic mass is 16.2. The predicted octanol–water partition coefficient (Wildman–Crippen LogP) is 3.37. The number of nitrogens with one attached hydrogen (secondary N) is 1. The van der Waals surface area contributed by atoms with Gasteiger partial charge in [0.25, 0.3) is 5.91 Å². The van der Waals surface area contributed by atoms with Crippen molar-refractivity contribution in [2.75, 3.05) is 5.32 Å². The van der Waals surface area contributed by atoms with Crippen LogP contribution in [0.1, 0.15) is 69.1 Å². The Morgan fingerprint density at radius 3 is 1.93 bits per heavy atom. The summed E-state index contributed by atoms with van der Waals surface area (Å²) in [7, 11) is 0. The zero-order chi connectivity index (χ0) is 21.8. The Bertz CT molecular complexity index is 834. The third-order valence-electron chi connectivity index (χ3n) is 5.23. The van der Waals surface area contributed by atoms with E-state index in [-0.39, 0.29) is 23.4 Å². The topological polar surface area (TPSA) is 88.8 Å². The van der Waals surface area contributed by atoms with Gasteiger partial charge in [-0.05, 0) is 42.2 Å². The standard InChI is InChI=1S/C24H33N3O2/c1-15(2)21(17-7-11-19(12-8-17)24(4,5)6)26-16(3)23(29)27-20-13-9-18(10-14-20)22(25)28/h7-16,21,26H,1-6H3,(H2,25,28)(H,27,29)/p+1/t16-,21-/m1/s1. The highest BCUT2D eigenvalue weighted by Gasteiger charge is 2.26. The molecule has 29 heavy (non-hydrogen) atoms. The van der Waals surface area contributed by atoms with Crippen molar-refractivity contribution in [3.63, 3.8) is 0 Å². The molecule has 2 rings (SSSR count). The van der Waals surface area contributed by atoms with E-state index >= 15 is 0 Å². The molecule has 5 heteroatoms. The van der Waals surface area contributed by atoms with Crippen molar-refractivity contribution < 1.29 is 14.9 Å². The van der Waals surface area contributed by atoms with Gasteiger partial charge in [-0.2, -0.15) is 0 Å². The lowest BCUT2D eigenvalue weighted by Gasteiger charge is -2.25. The van der Waals surface area contributed by atoms with E-state index in [1.807, 2.05) is 6.92 Å². The van der Waals surface area contributed by atoms with Gasteiger partial charge in [0.1, 0.15) is 6.04 Å². The quantitative estimate of drug-likeness (QED) is 0.670. The second kappa shape index (κ2) is 9.23. The van der Waals surface area contributed by atoms with E-state index in [1.165, 1.54) is 11.1 Å². The summed E-state index contributed by atoms with van der Waals surface area (Å²) in [5.41, 5.74) is 8.96. The van der Waals surface area contributed by atoms with Crippen LogP contribution in [-0.4, -0.2) is 17.9 Å². The molecule has 0 saturated carbocycles. The molecule has 0 fully saturated rings. The molecule has 0 aliphatic rings. The Hall–Kier alpha value is -2.66. The lowest BCUT2D eigenvalue weighted by atomic mass is 9.85. The zero-order valence-electron chi connectivity index (χ0n) is 18.3. The van der Waals surface area contributed by atoms with Gasteiger partial charge in [-0.15, -0.1) is 0 Å². The first-order valence-corrected chi connectivity index (χ1v) is 10.1. The van der Waals surface area contributed by atoms with Crippen molar-refractivity contribution in [3.8, 4) is 0 Å². The molecule has 0 aliphatic carbocycles. The van der Waals surface area contributed by atoms with E-state index in [0.29, 0.717) is 17.2 Å². The second-order valence-electron chi connectivity index (χ2n) is 9.05. The second-order valence-corrected chi connectivity index (χ2v) is 9.05. The minimum Gasteiger partial charge on any atom is -0.366 e. The van der Waals surface area contributed by atoms with Crippen molar-refractivity contribution in [1.82, 2.24) is 0 Å². The van der Waals surface area contributed by atoms with Crippen LogP contribution in [0, 0.1) is 5.92 Å². The fourth-order valence-electron chi connectivity index (χ4n) is 3.30. The highest BCUT2D eigenvalue weighted by Crippen LogP contribution is 2.25. The number of anilines is 1. The first kappa shape index (κ1) is 22.6. The number of rotatable bonds is 7. The van der Waals surface area contributed by atoms with Crippen LogP contribution in [0.4, 0.5) is 5.69 Å². The van der Waals surface area contributed by atoms with Gasteiger partial charge in [0, 0.05) is 22.7 Å². The maximum atomic E-state index is 12.7. The first-order chi connectivity index (χ1) is 13.5. The van der Waals surface area contributed by atoms with E-state index < -0.39 is 5.91 Å². The average molecular weight is 397 g/mol. The van der Waals surface area contributed by atoms with E-state index in [0.717, 1.165) is 0 Å². The maximum Gasteiger partial charge on any atom is 0.282 e. The van der Waals surface area contributed by atoms with Crippen molar-refractivity contribution in [2.24, 2.45) is 11.7 Å². The molecule has 0 aromatic heterocycles. The van der Waals surface area contributed by atoms with Gasteiger partial charge in [-0.1, -0.05) is 58.9 Å². The number of hydrogen-bond donors (Lipinski definition) is 3. The number of benzene rings is 2. The zero-order valence-corrected chi connectivity index (χ0v) is 18.3. The fraction of sp³-hybridized carbons (Fsp3) is 0.417. The number of hydrogen-bond acceptors (Lipinski definition) is 2. The molecule has 0 aliphatic heterocycles. The number of carbonyl (C=O) groups is 2. The summed E-state index contributed by atoms with van der Waals surface area (Å²) >= 11 is 0. The van der Waals surface area contributed by atoms with Gasteiger partial charge in [0.05, 0.1) is 0 Å². The van der Waals surface area contributed by atoms with Crippen LogP contribution >= 0.6 is 0 Å². The maximum absolute atomic E-state index is 12.7. The van der Waals surface area contributed by atoms with Gasteiger partial charge >= 0.3 is 0 Å². The monoisotopic (exact) mass is 396 g/mol. The van der Waals surface area contributed by atoms with Gasteiger partial charge in [-0.3, -0.25) is 9.59 Å². The van der Waals surface area contributed by atoms with Crippen molar-refractivity contribution in [3.05, 3.63) is 65.2 Å². The first-order valence-electron chi connectivity index (χ1n) is 10.1. The van der Waals surface area contributed by atoms with E-state index in [1.54, 1.807) is 24.3 Å². The van der Waals surface area contributed by atoms with E-state index in [2.05, 4.69) is 69.5 Å². The molecular formula is C24H34N3O2+. The largest absolute Gasteiger partial charge is 0.366 e. The molecule has 0 spiro atoms. The Balaban J connectivity index is 2.07. The van der Waals surface area contributed by atoms with E-state index in [4.69, 9.17) is 5.73 Å². The molecule has 156 valence electrons. The summed E-state index contributed by atoms with van der Waals surface area (Å²) < 4.78 is 0. The molecule has 2 atom stereocenters. The van der Waals surface area contributed by atoms with Gasteiger partial charge < -0.3 is 16.4 Å². The molecule has 2 amide bonds. The SMILES string of the molecule is CC(C)[C@@H]([NH2+][C@H](C)C(=O)Nc1ccc(C(N)=O)cc1)c1ccc(C(C)(C)C)cc1. The van der Waals surface area contributed by atoms with Crippen LogP contribution in [0.5, 0.6) is 0 Å². The Morgan fingerprint density at radius 1 is 0.931 bits per heavy atom. The summed E-state index contributed by atoms with van der Waals surface area (Å²) in [6.45, 7) is 12.9. The Labute approximate surface area is 174 Å². The molecule has 2 aromatic rings. The summed E-state index contributed by atoms with van der Waals surface area (Å²) in [4.78, 5) is 23.8. The fourth-order valence-corrected chi connectivity index (χ4v) is 3.30. The van der Waals surface area contributed by atoms with Crippen LogP contribution in [-0.2, 0) is 10.2 Å². The minimum atomic E-state index is -0.484. The number of nitrogens with two attached hydrogens (primary N) is 2. The lowest BCUT2D eigenvalue weighted by Crippen LogP contribution is -2.93. The van der Waals surface area contributed by atoms with E-state index in [9.17, 15) is 9.59 Å². The van der Waals surface area contributed by atoms with Crippen LogP contribution < -0.4 is 16.4 Å². The normalized spacial score (nSPS) is 13.8. The third kappa shape index (κ3) is 6.16. The van der Waals surface area contributed by atoms with Gasteiger partial charge in [0.2, 0.25) is 5.91 Å². The Morgan fingerprint density at radius 2 is 1.48 bits per heavy atom. The van der Waals surface area contributed by atoms with Crippen LogP contribution in [0.25, 0.3) is 0 Å². The number of amides is 2. The molecule has 0 bridgehead atoms. The van der Waals surface area contributed by atoms with Gasteiger partial charge in [-0.25, -0.2) is 0 Å². The molecule has 0 radical (unpaired) electrons. The molecule has 5 N–H and O–H groups in total. The number of carbonyl (C=O) groups excluding carboxylic acids is 2. The smallest absolute Gasteiger partial charge is 0.282 e. The molecule has 0 unspecified atom stereocenters. The summed E-state index contributed by atoms with van der Waals surface area (Å²) in [5.74, 6) is -0.184. The average Bonchev–Trinajstić information content (AvgIpc) is 2.65. The summed E-state index contributed by atoms with van der Waals surface area (Å²) in [6, 6.07) is 15.2. The van der Waals surface area contributed by atoms with Crippen molar-refractivity contribution >= 4 is 17.5 Å². The molecule has 2 aromatic carbocycles. The third-order valence-corrected chi connectivity index (χ3v) is 5.23. The number of quaternary nitrogens is 1. The molecule has 0 heterocycles. The lowest BCUT2D eigenvalue weighted by molar-refractivity contribution is -0.718. The molecule has 0 saturated heterocycles. The van der Waals surface area contributed by atoms with Crippen LogP contribution in [0.2, 0.25) is 0 Å². The van der Waals surface area contributed by atoms with Crippen molar-refractivity contribution in [1.29, 1.82) is 0 Å². The van der Waals surface area contributed by atoms with Crippen LogP contribution in [0.15, 0.2) is 48.5 Å². The summed E-state index contributed by atoms with van der Waals surface area (Å²) in [6.07, 6.45) is 0. The van der Waals surface area contributed by atoms with Crippen LogP contribution in [0.3, 0.4) is 0 Å². The predicted molar refractivity (Wildman–Crippen MR) is 118 cm³/mol. The minimum absolute atomic E-state index is 0.0752.